The highest BCUT2D eigenvalue weighted by Gasteiger charge is 2.16. The van der Waals surface area contributed by atoms with Crippen LogP contribution >= 0.6 is 0 Å². The van der Waals surface area contributed by atoms with E-state index in [0.717, 1.165) is 25.6 Å². The zero-order chi connectivity index (χ0) is 13.0. The molecule has 1 aliphatic rings. The van der Waals surface area contributed by atoms with Crippen LogP contribution in [-0.4, -0.2) is 48.7 Å². The fourth-order valence-electron chi connectivity index (χ4n) is 2.03. The molecule has 0 atom stereocenters. The van der Waals surface area contributed by atoms with Crippen LogP contribution in [0.1, 0.15) is 26.2 Å². The van der Waals surface area contributed by atoms with Gasteiger partial charge in [0.25, 0.3) is 0 Å². The summed E-state index contributed by atoms with van der Waals surface area (Å²) in [5.41, 5.74) is 0. The fourth-order valence-corrected chi connectivity index (χ4v) is 2.03. The normalized spacial score (nSPS) is 15.6. The molecule has 1 aromatic rings. The van der Waals surface area contributed by atoms with E-state index >= 15 is 0 Å². The van der Waals surface area contributed by atoms with E-state index in [-0.39, 0.29) is 0 Å². The third kappa shape index (κ3) is 3.00. The molecule has 0 saturated carbocycles. The third-order valence-corrected chi connectivity index (χ3v) is 2.99. The van der Waals surface area contributed by atoms with E-state index in [2.05, 4.69) is 25.2 Å². The molecule has 1 fully saturated rings. The molecule has 6 nitrogen and oxygen atoms in total. The van der Waals surface area contributed by atoms with Gasteiger partial charge in [0.15, 0.2) is 0 Å². The van der Waals surface area contributed by atoms with Crippen LogP contribution < -0.4 is 15.1 Å². The number of piperidine rings is 1. The smallest absolute Gasteiger partial charge is 0.231 e. The highest BCUT2D eigenvalue weighted by atomic mass is 15.3. The zero-order valence-corrected chi connectivity index (χ0v) is 11.5. The van der Waals surface area contributed by atoms with E-state index in [1.807, 2.05) is 25.9 Å². The number of nitrogens with one attached hydrogen (secondary N) is 1. The van der Waals surface area contributed by atoms with Crippen molar-refractivity contribution in [2.45, 2.75) is 26.2 Å². The SMILES string of the molecule is CCNc1nc(N(C)C)nc(N2CCCCC2)n1. The molecular formula is C12H22N6. The lowest BCUT2D eigenvalue weighted by Crippen LogP contribution is -2.32. The predicted molar refractivity (Wildman–Crippen MR) is 74.4 cm³/mol. The van der Waals surface area contributed by atoms with Crippen LogP contribution in [0.5, 0.6) is 0 Å². The Kier molecular flexibility index (Phi) is 4.17. The Balaban J connectivity index is 2.26. The molecule has 0 bridgehead atoms. The molecule has 0 spiro atoms. The Bertz CT molecular complexity index is 386. The Morgan fingerprint density at radius 3 is 2.44 bits per heavy atom. The van der Waals surface area contributed by atoms with E-state index in [9.17, 15) is 0 Å². The van der Waals surface area contributed by atoms with E-state index < -0.39 is 0 Å². The van der Waals surface area contributed by atoms with Crippen molar-refractivity contribution >= 4 is 17.8 Å². The number of hydrogen-bond donors (Lipinski definition) is 1. The van der Waals surface area contributed by atoms with Crippen LogP contribution in [0.25, 0.3) is 0 Å². The maximum Gasteiger partial charge on any atom is 0.231 e. The molecule has 6 heteroatoms. The lowest BCUT2D eigenvalue weighted by Gasteiger charge is -2.27. The largest absolute Gasteiger partial charge is 0.354 e. The summed E-state index contributed by atoms with van der Waals surface area (Å²) in [5, 5.41) is 3.17. The van der Waals surface area contributed by atoms with Crippen molar-refractivity contribution in [1.29, 1.82) is 0 Å². The van der Waals surface area contributed by atoms with Crippen molar-refractivity contribution in [2.75, 3.05) is 48.8 Å². The van der Waals surface area contributed by atoms with Crippen molar-refractivity contribution in [3.63, 3.8) is 0 Å². The highest BCUT2D eigenvalue weighted by Crippen LogP contribution is 2.19. The first-order chi connectivity index (χ1) is 8.70. The van der Waals surface area contributed by atoms with Crippen LogP contribution in [0.2, 0.25) is 0 Å². The Hall–Kier alpha value is -1.59. The number of rotatable bonds is 4. The molecule has 18 heavy (non-hydrogen) atoms. The summed E-state index contributed by atoms with van der Waals surface area (Å²) in [7, 11) is 3.90. The molecule has 2 heterocycles. The lowest BCUT2D eigenvalue weighted by molar-refractivity contribution is 0.567. The first-order valence-corrected chi connectivity index (χ1v) is 6.63. The number of nitrogens with zero attached hydrogens (tertiary/aromatic N) is 5. The lowest BCUT2D eigenvalue weighted by atomic mass is 10.1. The molecule has 1 aliphatic heterocycles. The second-order valence-corrected chi connectivity index (χ2v) is 4.73. The minimum Gasteiger partial charge on any atom is -0.354 e. The van der Waals surface area contributed by atoms with Gasteiger partial charge in [0.1, 0.15) is 0 Å². The van der Waals surface area contributed by atoms with Gasteiger partial charge >= 0.3 is 0 Å². The Morgan fingerprint density at radius 1 is 1.11 bits per heavy atom. The van der Waals surface area contributed by atoms with Crippen LogP contribution in [0.15, 0.2) is 0 Å². The van der Waals surface area contributed by atoms with Crippen LogP contribution in [0, 0.1) is 0 Å². The molecule has 0 radical (unpaired) electrons. The maximum absolute atomic E-state index is 4.53. The maximum atomic E-state index is 4.53. The summed E-state index contributed by atoms with van der Waals surface area (Å²) in [4.78, 5) is 17.6. The first kappa shape index (κ1) is 12.9. The van der Waals surface area contributed by atoms with Crippen molar-refractivity contribution in [3.05, 3.63) is 0 Å². The van der Waals surface area contributed by atoms with Crippen molar-refractivity contribution < 1.29 is 0 Å². The summed E-state index contributed by atoms with van der Waals surface area (Å²) in [6.45, 7) is 4.95. The van der Waals surface area contributed by atoms with Crippen molar-refractivity contribution in [2.24, 2.45) is 0 Å². The topological polar surface area (TPSA) is 57.2 Å². The van der Waals surface area contributed by atoms with Gasteiger partial charge in [0.2, 0.25) is 17.8 Å². The molecular weight excluding hydrogens is 228 g/mol. The molecule has 0 aromatic carbocycles. The van der Waals surface area contributed by atoms with E-state index in [1.54, 1.807) is 0 Å². The fraction of sp³-hybridized carbons (Fsp3) is 0.750. The molecule has 0 aliphatic carbocycles. The van der Waals surface area contributed by atoms with Crippen LogP contribution in [0.3, 0.4) is 0 Å². The monoisotopic (exact) mass is 250 g/mol. The van der Waals surface area contributed by atoms with Gasteiger partial charge in [-0.3, -0.25) is 0 Å². The molecule has 1 saturated heterocycles. The minimum absolute atomic E-state index is 0.664. The van der Waals surface area contributed by atoms with E-state index in [4.69, 9.17) is 0 Å². The summed E-state index contributed by atoms with van der Waals surface area (Å²) in [6, 6.07) is 0. The number of anilines is 3. The Labute approximate surface area is 108 Å². The van der Waals surface area contributed by atoms with Crippen molar-refractivity contribution in [3.8, 4) is 0 Å². The van der Waals surface area contributed by atoms with Gasteiger partial charge in [-0.25, -0.2) is 0 Å². The molecule has 1 N–H and O–H groups in total. The summed E-state index contributed by atoms with van der Waals surface area (Å²) in [6.07, 6.45) is 3.75. The highest BCUT2D eigenvalue weighted by molar-refractivity contribution is 5.44. The van der Waals surface area contributed by atoms with Gasteiger partial charge in [-0.05, 0) is 26.2 Å². The van der Waals surface area contributed by atoms with Gasteiger partial charge in [-0.15, -0.1) is 0 Å². The van der Waals surface area contributed by atoms with Gasteiger partial charge in [-0.1, -0.05) is 0 Å². The van der Waals surface area contributed by atoms with Gasteiger partial charge in [0.05, 0.1) is 0 Å². The molecule has 100 valence electrons. The molecule has 1 aromatic heterocycles. The van der Waals surface area contributed by atoms with Gasteiger partial charge in [0, 0.05) is 33.7 Å². The summed E-state index contributed by atoms with van der Waals surface area (Å²) < 4.78 is 0. The van der Waals surface area contributed by atoms with Crippen LogP contribution in [-0.2, 0) is 0 Å². The number of hydrogen-bond acceptors (Lipinski definition) is 6. The molecule has 0 amide bonds. The van der Waals surface area contributed by atoms with E-state index in [1.165, 1.54) is 19.3 Å². The third-order valence-electron chi connectivity index (χ3n) is 2.99. The van der Waals surface area contributed by atoms with Gasteiger partial charge < -0.3 is 15.1 Å². The first-order valence-electron chi connectivity index (χ1n) is 6.63. The average Bonchev–Trinajstić information content (AvgIpc) is 2.40. The van der Waals surface area contributed by atoms with Gasteiger partial charge in [-0.2, -0.15) is 15.0 Å². The predicted octanol–water partition coefficient (Wildman–Crippen LogP) is 1.36. The minimum atomic E-state index is 0.664. The van der Waals surface area contributed by atoms with E-state index in [0.29, 0.717) is 11.9 Å². The summed E-state index contributed by atoms with van der Waals surface area (Å²) in [5.74, 6) is 2.17. The second-order valence-electron chi connectivity index (χ2n) is 4.73. The van der Waals surface area contributed by atoms with Crippen LogP contribution in [0.4, 0.5) is 17.8 Å². The van der Waals surface area contributed by atoms with Crippen molar-refractivity contribution in [1.82, 2.24) is 15.0 Å². The Morgan fingerprint density at radius 2 is 1.83 bits per heavy atom. The molecule has 2 rings (SSSR count). The standard InChI is InChI=1S/C12H22N6/c1-4-13-10-14-11(17(2)3)16-12(15-10)18-8-6-5-7-9-18/h4-9H2,1-3H3,(H,13,14,15,16). The quantitative estimate of drug-likeness (QED) is 0.870. The molecule has 0 unspecified atom stereocenters. The second kappa shape index (κ2) is 5.84. The number of aromatic nitrogens is 3. The average molecular weight is 250 g/mol. The summed E-state index contributed by atoms with van der Waals surface area (Å²) >= 11 is 0. The zero-order valence-electron chi connectivity index (χ0n) is 11.5.